The first kappa shape index (κ1) is 26.3. The number of alkyl halides is 3. The number of pyridine rings is 1. The molecule has 192 valence electrons. The van der Waals surface area contributed by atoms with E-state index in [2.05, 4.69) is 11.6 Å². The van der Waals surface area contributed by atoms with Crippen LogP contribution in [0.2, 0.25) is 0 Å². The van der Waals surface area contributed by atoms with Crippen molar-refractivity contribution >= 4 is 10.8 Å². The van der Waals surface area contributed by atoms with Crippen molar-refractivity contribution in [3.8, 4) is 5.75 Å². The van der Waals surface area contributed by atoms with Crippen LogP contribution < -0.4 is 4.74 Å². The van der Waals surface area contributed by atoms with E-state index < -0.39 is 29.2 Å². The van der Waals surface area contributed by atoms with Crippen molar-refractivity contribution in [2.24, 2.45) is 0 Å². The topological polar surface area (TPSA) is 22.1 Å². The van der Waals surface area contributed by atoms with E-state index in [4.69, 9.17) is 4.74 Å². The zero-order chi connectivity index (χ0) is 26.6. The third-order valence-electron chi connectivity index (χ3n) is 6.00. The molecule has 4 aromatic rings. The quantitative estimate of drug-likeness (QED) is 0.168. The molecule has 0 radical (unpaired) electrons. The molecule has 0 aliphatic carbocycles. The number of aryl methyl sites for hydroxylation is 4. The Hall–Kier alpha value is -3.81. The molecule has 0 spiro atoms. The van der Waals surface area contributed by atoms with E-state index in [1.807, 2.05) is 24.3 Å². The molecule has 2 nitrogen and oxygen atoms in total. The minimum absolute atomic E-state index is 0.0170. The lowest BCUT2D eigenvalue weighted by Gasteiger charge is -2.12. The maximum absolute atomic E-state index is 15.1. The fourth-order valence-electron chi connectivity index (χ4n) is 4.13. The number of halogens is 6. The van der Waals surface area contributed by atoms with E-state index in [1.165, 1.54) is 0 Å². The Bertz CT molecular complexity index is 1390. The van der Waals surface area contributed by atoms with Crippen molar-refractivity contribution in [2.75, 3.05) is 6.61 Å². The number of rotatable bonds is 9. The monoisotopic (exact) mass is 515 g/mol. The number of hydrogen-bond donors (Lipinski definition) is 0. The largest absolute Gasteiger partial charge is 0.488 e. The van der Waals surface area contributed by atoms with E-state index in [9.17, 15) is 22.0 Å². The molecule has 0 amide bonds. The molecule has 0 unspecified atom stereocenters. The van der Waals surface area contributed by atoms with Crippen LogP contribution in [0, 0.1) is 17.5 Å². The molecule has 0 aliphatic heterocycles. The summed E-state index contributed by atoms with van der Waals surface area (Å²) >= 11 is 0. The highest BCUT2D eigenvalue weighted by atomic mass is 19.4. The molecule has 0 fully saturated rings. The zero-order valence-corrected chi connectivity index (χ0v) is 19.7. The Morgan fingerprint density at radius 3 is 2.19 bits per heavy atom. The molecule has 8 heteroatoms. The van der Waals surface area contributed by atoms with Gasteiger partial charge in [-0.15, -0.1) is 0 Å². The fraction of sp³-hybridized carbons (Fsp3) is 0.207. The first-order chi connectivity index (χ1) is 17.7. The minimum atomic E-state index is -5.13. The zero-order valence-electron chi connectivity index (χ0n) is 19.7. The number of hydrogen-bond acceptors (Lipinski definition) is 2. The predicted molar refractivity (Wildman–Crippen MR) is 130 cm³/mol. The summed E-state index contributed by atoms with van der Waals surface area (Å²) in [5, 5.41) is 1.10. The highest BCUT2D eigenvalue weighted by Crippen LogP contribution is 2.34. The number of fused-ring (bicyclic) bond motifs is 1. The van der Waals surface area contributed by atoms with Crippen LogP contribution in [0.5, 0.6) is 5.75 Å². The lowest BCUT2D eigenvalue weighted by molar-refractivity contribution is -0.142. The smallest absolute Gasteiger partial charge is 0.422 e. The summed E-state index contributed by atoms with van der Waals surface area (Å²) in [6.45, 7) is 4.00. The van der Waals surface area contributed by atoms with Crippen LogP contribution in [-0.4, -0.2) is 11.6 Å². The number of ether oxygens (including phenoxy) is 1. The summed E-state index contributed by atoms with van der Waals surface area (Å²) in [7, 11) is 0. The molecule has 0 N–H and O–H groups in total. The molecule has 1 heterocycles. The van der Waals surface area contributed by atoms with Gasteiger partial charge in [-0.1, -0.05) is 43.0 Å². The van der Waals surface area contributed by atoms with Crippen molar-refractivity contribution in [1.29, 1.82) is 0 Å². The molecule has 0 bridgehead atoms. The second kappa shape index (κ2) is 11.1. The van der Waals surface area contributed by atoms with E-state index in [1.54, 1.807) is 30.5 Å². The van der Waals surface area contributed by atoms with Gasteiger partial charge in [0.05, 0.1) is 6.20 Å². The molecule has 4 rings (SSSR count). The molecule has 0 saturated carbocycles. The van der Waals surface area contributed by atoms with Crippen molar-refractivity contribution in [2.45, 2.75) is 31.9 Å². The summed E-state index contributed by atoms with van der Waals surface area (Å²) < 4.78 is 86.6. The summed E-state index contributed by atoms with van der Waals surface area (Å²) in [5.74, 6) is -3.16. The molecular formula is C29H23F6NO. The molecule has 0 atom stereocenters. The fourth-order valence-corrected chi connectivity index (χ4v) is 4.13. The number of aromatic nitrogens is 1. The van der Waals surface area contributed by atoms with Gasteiger partial charge in [-0.3, -0.25) is 4.98 Å². The molecular weight excluding hydrogens is 492 g/mol. The Morgan fingerprint density at radius 2 is 1.54 bits per heavy atom. The highest BCUT2D eigenvalue weighted by Gasteiger charge is 2.37. The van der Waals surface area contributed by atoms with Gasteiger partial charge < -0.3 is 4.74 Å². The van der Waals surface area contributed by atoms with Gasteiger partial charge in [-0.2, -0.15) is 13.2 Å². The van der Waals surface area contributed by atoms with Crippen LogP contribution >= 0.6 is 0 Å². The van der Waals surface area contributed by atoms with E-state index in [-0.39, 0.29) is 18.4 Å². The third-order valence-corrected chi connectivity index (χ3v) is 6.00. The Balaban J connectivity index is 1.43. The van der Waals surface area contributed by atoms with Crippen molar-refractivity contribution < 1.29 is 31.1 Å². The van der Waals surface area contributed by atoms with Crippen LogP contribution in [-0.2, 0) is 31.9 Å². The van der Waals surface area contributed by atoms with E-state index in [0.717, 1.165) is 11.3 Å². The van der Waals surface area contributed by atoms with E-state index in [0.29, 0.717) is 53.7 Å². The van der Waals surface area contributed by atoms with Crippen molar-refractivity contribution in [3.63, 3.8) is 0 Å². The SMILES string of the molecule is C=CCOc1ccc(CCc2ccc3c(F)c(CCc4cc(F)c(C(F)(F)F)c(F)c4)ccc3c2)nc1. The first-order valence-corrected chi connectivity index (χ1v) is 11.6. The number of nitrogens with zero attached hydrogens (tertiary/aromatic N) is 1. The van der Waals surface area contributed by atoms with Gasteiger partial charge in [0.25, 0.3) is 0 Å². The Kier molecular flexibility index (Phi) is 7.86. The number of benzene rings is 3. The molecule has 37 heavy (non-hydrogen) atoms. The maximum atomic E-state index is 15.1. The van der Waals surface area contributed by atoms with Gasteiger partial charge >= 0.3 is 6.18 Å². The van der Waals surface area contributed by atoms with Crippen LogP contribution in [0.15, 0.2) is 73.4 Å². The van der Waals surface area contributed by atoms with Crippen LogP contribution in [0.25, 0.3) is 10.8 Å². The van der Waals surface area contributed by atoms with Crippen molar-refractivity contribution in [1.82, 2.24) is 4.98 Å². The minimum Gasteiger partial charge on any atom is -0.488 e. The van der Waals surface area contributed by atoms with Crippen LogP contribution in [0.4, 0.5) is 26.3 Å². The summed E-state index contributed by atoms with van der Waals surface area (Å²) in [6, 6.07) is 13.8. The Labute approximate surface area is 210 Å². The molecule has 3 aromatic carbocycles. The standard InChI is InChI=1S/C29H23F6NO/c1-2-13-37-23-11-10-22(36-17-23)9-4-18-5-12-24-21(14-18)8-7-20(28(24)32)6-3-19-15-25(30)27(26(31)16-19)29(33,34)35/h2,5,7-8,10-12,14-17H,1,3-4,6,9,13H2. The summed E-state index contributed by atoms with van der Waals surface area (Å²) in [4.78, 5) is 4.39. The van der Waals surface area contributed by atoms with Crippen LogP contribution in [0.1, 0.15) is 27.9 Å². The molecule has 0 saturated heterocycles. The highest BCUT2D eigenvalue weighted by molar-refractivity contribution is 5.84. The van der Waals surface area contributed by atoms with Crippen LogP contribution in [0.3, 0.4) is 0 Å². The van der Waals surface area contributed by atoms with Gasteiger partial charge in [0.15, 0.2) is 0 Å². The van der Waals surface area contributed by atoms with E-state index >= 15 is 4.39 Å². The Morgan fingerprint density at radius 1 is 0.811 bits per heavy atom. The maximum Gasteiger partial charge on any atom is 0.422 e. The van der Waals surface area contributed by atoms with Gasteiger partial charge in [0.1, 0.15) is 35.4 Å². The van der Waals surface area contributed by atoms with Gasteiger partial charge in [-0.05, 0) is 72.0 Å². The predicted octanol–water partition coefficient (Wildman–Crippen LogP) is 7.81. The molecule has 0 aliphatic rings. The second-order valence-corrected chi connectivity index (χ2v) is 8.61. The van der Waals surface area contributed by atoms with Gasteiger partial charge in [0.2, 0.25) is 0 Å². The first-order valence-electron chi connectivity index (χ1n) is 11.6. The normalized spacial score (nSPS) is 11.6. The van der Waals surface area contributed by atoms with Gasteiger partial charge in [0, 0.05) is 11.1 Å². The van der Waals surface area contributed by atoms with Gasteiger partial charge in [-0.25, -0.2) is 13.2 Å². The summed E-state index contributed by atoms with van der Waals surface area (Å²) in [6.07, 6.45) is -0.372. The van der Waals surface area contributed by atoms with Crippen molar-refractivity contribution in [3.05, 3.63) is 119 Å². The lowest BCUT2D eigenvalue weighted by atomic mass is 9.97. The molecule has 1 aromatic heterocycles. The average molecular weight is 515 g/mol. The third kappa shape index (κ3) is 6.31. The average Bonchev–Trinajstić information content (AvgIpc) is 2.85. The lowest BCUT2D eigenvalue weighted by Crippen LogP contribution is -2.12. The second-order valence-electron chi connectivity index (χ2n) is 8.61. The summed E-state index contributed by atoms with van der Waals surface area (Å²) in [5.41, 5.74) is 0.304.